The second-order valence-electron chi connectivity index (χ2n) is 6.36. The molecule has 0 spiro atoms. The van der Waals surface area contributed by atoms with Crippen LogP contribution >= 0.6 is 0 Å². The van der Waals surface area contributed by atoms with Crippen LogP contribution in [0.3, 0.4) is 0 Å². The maximum absolute atomic E-state index is 12.3. The Hall–Kier alpha value is -2.26. The predicted molar refractivity (Wildman–Crippen MR) is 117 cm³/mol. The lowest BCUT2D eigenvalue weighted by Gasteiger charge is -2.14. The van der Waals surface area contributed by atoms with Gasteiger partial charge in [0.15, 0.2) is 0 Å². The van der Waals surface area contributed by atoms with Crippen LogP contribution in [0, 0.1) is 0 Å². The van der Waals surface area contributed by atoms with Crippen LogP contribution in [0.2, 0.25) is 0 Å². The van der Waals surface area contributed by atoms with E-state index in [1.165, 1.54) is 12.1 Å². The van der Waals surface area contributed by atoms with Crippen molar-refractivity contribution < 1.29 is 34.7 Å². The Labute approximate surface area is 187 Å². The zero-order valence-corrected chi connectivity index (χ0v) is 19.6. The molecule has 3 rings (SSSR count). The van der Waals surface area contributed by atoms with Crippen molar-refractivity contribution in [3.63, 3.8) is 0 Å². The number of hydrogen-bond acceptors (Lipinski definition) is 11. The first-order chi connectivity index (χ1) is 15.1. The van der Waals surface area contributed by atoms with Crippen molar-refractivity contribution in [2.24, 2.45) is 17.2 Å². The number of hydrogen-bond donors (Lipinski definition) is 3. The molecule has 0 heterocycles. The molecule has 32 heavy (non-hydrogen) atoms. The fraction of sp³-hybridized carbons (Fsp3) is 0.368. The lowest BCUT2D eigenvalue weighted by atomic mass is 10.1. The van der Waals surface area contributed by atoms with E-state index in [9.17, 15) is 16.8 Å². The van der Waals surface area contributed by atoms with Gasteiger partial charge in [0.05, 0.1) is 14.2 Å². The van der Waals surface area contributed by atoms with Gasteiger partial charge in [0.1, 0.15) is 34.8 Å². The lowest BCUT2D eigenvalue weighted by molar-refractivity contribution is 0.316. The summed E-state index contributed by atoms with van der Waals surface area (Å²) in [6, 6.07) is 5.83. The summed E-state index contributed by atoms with van der Waals surface area (Å²) in [5, 5.41) is 0. The SMILES string of the molecule is CCN.COS(=O)(=O)c1cc2c(cc1OCN)Cc1cc(OCN)c(S(=O)(=O)OC)cc1-2. The standard InChI is InChI=1S/C17H20N2O8S2.C2H7N/c1-24-28(20,21)16-6-12-10(4-14(16)26-8-18)3-11-5-15(27-9-19)17(7-13(11)12)29(22,23)25-2;1-2-3/h4-7H,3,8-9,18-19H2,1-2H3;2-3H2,1H3. The van der Waals surface area contributed by atoms with Crippen molar-refractivity contribution in [1.29, 1.82) is 0 Å². The number of fused-ring (bicyclic) bond motifs is 3. The molecule has 1 aliphatic carbocycles. The topological polar surface area (TPSA) is 183 Å². The monoisotopic (exact) mass is 489 g/mol. The van der Waals surface area contributed by atoms with Crippen LogP contribution in [0.25, 0.3) is 11.1 Å². The molecule has 1 aliphatic rings. The molecule has 0 amide bonds. The van der Waals surface area contributed by atoms with Crippen molar-refractivity contribution >= 4 is 20.2 Å². The van der Waals surface area contributed by atoms with E-state index < -0.39 is 20.2 Å². The summed E-state index contributed by atoms with van der Waals surface area (Å²) in [5.74, 6) is 0.0909. The Bertz CT molecular complexity index is 1090. The highest BCUT2D eigenvalue weighted by atomic mass is 32.2. The Morgan fingerprint density at radius 3 is 1.38 bits per heavy atom. The fourth-order valence-corrected chi connectivity index (χ4v) is 4.79. The minimum Gasteiger partial charge on any atom is -0.477 e. The average molecular weight is 490 g/mol. The first kappa shape index (κ1) is 26.0. The molecular weight excluding hydrogens is 462 g/mol. The zero-order valence-electron chi connectivity index (χ0n) is 18.0. The number of nitrogens with two attached hydrogens (primary N) is 3. The van der Waals surface area contributed by atoms with Crippen LogP contribution in [0.15, 0.2) is 34.1 Å². The number of benzene rings is 2. The highest BCUT2D eigenvalue weighted by molar-refractivity contribution is 7.87. The van der Waals surface area contributed by atoms with Crippen LogP contribution in [-0.2, 0) is 35.0 Å². The van der Waals surface area contributed by atoms with E-state index in [2.05, 4.69) is 8.37 Å². The second kappa shape index (κ2) is 10.6. The summed E-state index contributed by atoms with van der Waals surface area (Å²) in [6.07, 6.45) is 0.396. The van der Waals surface area contributed by atoms with Crippen LogP contribution in [-0.4, -0.2) is 51.1 Å². The van der Waals surface area contributed by atoms with Gasteiger partial charge < -0.3 is 15.2 Å². The lowest BCUT2D eigenvalue weighted by Crippen LogP contribution is -2.12. The second-order valence-corrected chi connectivity index (χ2v) is 9.72. The fourth-order valence-electron chi connectivity index (χ4n) is 3.18. The Balaban J connectivity index is 0.00000114. The largest absolute Gasteiger partial charge is 0.477 e. The summed E-state index contributed by atoms with van der Waals surface area (Å²) >= 11 is 0. The Kier molecular flexibility index (Phi) is 8.59. The van der Waals surface area contributed by atoms with Gasteiger partial charge in [0, 0.05) is 0 Å². The van der Waals surface area contributed by atoms with E-state index >= 15 is 0 Å². The molecule has 0 unspecified atom stereocenters. The minimum atomic E-state index is -4.10. The first-order valence-corrected chi connectivity index (χ1v) is 12.2. The van der Waals surface area contributed by atoms with Crippen molar-refractivity contribution in [3.8, 4) is 22.6 Å². The molecule has 13 heteroatoms. The molecule has 0 fully saturated rings. The average Bonchev–Trinajstić information content (AvgIpc) is 3.10. The number of rotatable bonds is 8. The van der Waals surface area contributed by atoms with Gasteiger partial charge >= 0.3 is 0 Å². The van der Waals surface area contributed by atoms with E-state index in [-0.39, 0.29) is 34.8 Å². The summed E-state index contributed by atoms with van der Waals surface area (Å²) < 4.78 is 69.1. The normalized spacial score (nSPS) is 12.4. The molecule has 6 N–H and O–H groups in total. The van der Waals surface area contributed by atoms with Gasteiger partial charge in [-0.15, -0.1) is 0 Å². The summed E-state index contributed by atoms with van der Waals surface area (Å²) in [4.78, 5) is -0.425. The molecule has 0 atom stereocenters. The van der Waals surface area contributed by atoms with Crippen molar-refractivity contribution in [1.82, 2.24) is 0 Å². The van der Waals surface area contributed by atoms with Gasteiger partial charge in [-0.3, -0.25) is 19.8 Å². The quantitative estimate of drug-likeness (QED) is 0.295. The van der Waals surface area contributed by atoms with Gasteiger partial charge in [-0.2, -0.15) is 16.8 Å². The van der Waals surface area contributed by atoms with Crippen molar-refractivity contribution in [2.45, 2.75) is 23.1 Å². The molecular formula is C19H27N3O8S2. The van der Waals surface area contributed by atoms with Gasteiger partial charge in [-0.05, 0) is 59.5 Å². The molecule has 178 valence electrons. The Morgan fingerprint density at radius 2 is 1.09 bits per heavy atom. The molecule has 0 saturated heterocycles. The maximum Gasteiger partial charge on any atom is 0.300 e. The van der Waals surface area contributed by atoms with Gasteiger partial charge in [-0.1, -0.05) is 6.92 Å². The predicted octanol–water partition coefficient (Wildman–Crippen LogP) is 0.483. The third kappa shape index (κ3) is 5.20. The van der Waals surface area contributed by atoms with E-state index in [0.29, 0.717) is 17.5 Å². The van der Waals surface area contributed by atoms with Crippen LogP contribution in [0.5, 0.6) is 11.5 Å². The number of ether oxygens (including phenoxy) is 2. The molecule has 0 aromatic heterocycles. The zero-order chi connectivity index (χ0) is 24.1. The molecule has 0 radical (unpaired) electrons. The molecule has 0 saturated carbocycles. The summed E-state index contributed by atoms with van der Waals surface area (Å²) in [5.41, 5.74) is 18.2. The van der Waals surface area contributed by atoms with E-state index in [1.54, 1.807) is 12.1 Å². The first-order valence-electron chi connectivity index (χ1n) is 9.41. The van der Waals surface area contributed by atoms with Crippen LogP contribution in [0.4, 0.5) is 0 Å². The van der Waals surface area contributed by atoms with Gasteiger partial charge in [-0.25, -0.2) is 0 Å². The van der Waals surface area contributed by atoms with Crippen molar-refractivity contribution in [3.05, 3.63) is 35.4 Å². The van der Waals surface area contributed by atoms with Crippen molar-refractivity contribution in [2.75, 3.05) is 34.2 Å². The van der Waals surface area contributed by atoms with Gasteiger partial charge in [0.2, 0.25) is 0 Å². The van der Waals surface area contributed by atoms with Crippen LogP contribution < -0.4 is 26.7 Å². The highest BCUT2D eigenvalue weighted by Crippen LogP contribution is 2.44. The molecule has 0 aliphatic heterocycles. The molecule has 0 bridgehead atoms. The maximum atomic E-state index is 12.3. The van der Waals surface area contributed by atoms with Gasteiger partial charge in [0.25, 0.3) is 20.2 Å². The summed E-state index contributed by atoms with van der Waals surface area (Å²) in [7, 11) is -6.14. The minimum absolute atomic E-state index is 0.0454. The van der Waals surface area contributed by atoms with Crippen LogP contribution in [0.1, 0.15) is 18.1 Å². The smallest absolute Gasteiger partial charge is 0.300 e. The molecule has 11 nitrogen and oxygen atoms in total. The van der Waals surface area contributed by atoms with E-state index in [0.717, 1.165) is 31.9 Å². The Morgan fingerprint density at radius 1 is 0.750 bits per heavy atom. The summed E-state index contributed by atoms with van der Waals surface area (Å²) in [6.45, 7) is 2.19. The van der Waals surface area contributed by atoms with E-state index in [1.807, 2.05) is 6.92 Å². The third-order valence-electron chi connectivity index (χ3n) is 4.47. The third-order valence-corrected chi connectivity index (χ3v) is 7.06. The molecule has 2 aromatic carbocycles. The molecule has 2 aromatic rings. The highest BCUT2D eigenvalue weighted by Gasteiger charge is 2.30. The van der Waals surface area contributed by atoms with E-state index in [4.69, 9.17) is 26.7 Å².